The number of para-hydroxylation sites is 1. The van der Waals surface area contributed by atoms with E-state index in [2.05, 4.69) is 36.5 Å². The Morgan fingerprint density at radius 1 is 1.09 bits per heavy atom. The fraction of sp³-hybridized carbons (Fsp3) is 0.379. The van der Waals surface area contributed by atoms with Gasteiger partial charge in [-0.05, 0) is 54.2 Å². The van der Waals surface area contributed by atoms with Crippen LogP contribution in [0.15, 0.2) is 60.7 Å². The van der Waals surface area contributed by atoms with Crippen LogP contribution in [0.1, 0.15) is 51.2 Å². The lowest BCUT2D eigenvalue weighted by atomic mass is 10.0. The van der Waals surface area contributed by atoms with Crippen LogP contribution in [0.3, 0.4) is 0 Å². The summed E-state index contributed by atoms with van der Waals surface area (Å²) in [6.45, 7) is 6.96. The molecule has 4 rings (SSSR count). The van der Waals surface area contributed by atoms with Crippen LogP contribution in [-0.2, 0) is 22.6 Å². The quantitative estimate of drug-likeness (QED) is 0.475. The summed E-state index contributed by atoms with van der Waals surface area (Å²) < 4.78 is 6.12. The number of anilines is 1. The Bertz CT molecular complexity index is 1170. The standard InChI is InChI=1S/C29H34N2O3/c1-4-18-34-27-17-15-21-10-6-8-12-23(21)24(27)19-31-26-13-9-7-11-22(26)14-16-25(29(31)33)30-28(32)20(3)5-2/h6-13,15,17,20,25H,4-5,14,16,18-19H2,1-3H3,(H,30,32)/t20-,25+/m1/s1. The Balaban J connectivity index is 1.76. The first kappa shape index (κ1) is 23.8. The van der Waals surface area contributed by atoms with Gasteiger partial charge in [0.05, 0.1) is 13.2 Å². The summed E-state index contributed by atoms with van der Waals surface area (Å²) in [5.41, 5.74) is 3.01. The summed E-state index contributed by atoms with van der Waals surface area (Å²) in [5, 5.41) is 5.22. The summed E-state index contributed by atoms with van der Waals surface area (Å²) >= 11 is 0. The lowest BCUT2D eigenvalue weighted by Gasteiger charge is -2.28. The van der Waals surface area contributed by atoms with E-state index in [4.69, 9.17) is 4.74 Å². The van der Waals surface area contributed by atoms with Crippen LogP contribution in [-0.4, -0.2) is 24.5 Å². The highest BCUT2D eigenvalue weighted by atomic mass is 16.5. The lowest BCUT2D eigenvalue weighted by Crippen LogP contribution is -2.49. The largest absolute Gasteiger partial charge is 0.493 e. The Labute approximate surface area is 202 Å². The molecule has 0 radical (unpaired) electrons. The minimum absolute atomic E-state index is 0.0658. The number of carbonyl (C=O) groups excluding carboxylic acids is 2. The molecule has 0 bridgehead atoms. The van der Waals surface area contributed by atoms with E-state index >= 15 is 0 Å². The highest BCUT2D eigenvalue weighted by molar-refractivity contribution is 6.01. The first-order valence-electron chi connectivity index (χ1n) is 12.4. The first-order chi connectivity index (χ1) is 16.5. The Morgan fingerprint density at radius 2 is 1.85 bits per heavy atom. The molecule has 0 saturated heterocycles. The number of benzene rings is 3. The zero-order chi connectivity index (χ0) is 24.1. The minimum atomic E-state index is -0.552. The molecular weight excluding hydrogens is 424 g/mol. The van der Waals surface area contributed by atoms with Gasteiger partial charge in [0.25, 0.3) is 0 Å². The third kappa shape index (κ3) is 4.93. The van der Waals surface area contributed by atoms with Crippen LogP contribution in [0.4, 0.5) is 5.69 Å². The van der Waals surface area contributed by atoms with Crippen LogP contribution in [0, 0.1) is 5.92 Å². The fourth-order valence-electron chi connectivity index (χ4n) is 4.50. The Morgan fingerprint density at radius 3 is 2.65 bits per heavy atom. The number of carbonyl (C=O) groups is 2. The van der Waals surface area contributed by atoms with Gasteiger partial charge in [-0.1, -0.05) is 69.3 Å². The molecule has 0 aliphatic carbocycles. The smallest absolute Gasteiger partial charge is 0.249 e. The molecule has 2 amide bonds. The van der Waals surface area contributed by atoms with Crippen molar-refractivity contribution in [2.75, 3.05) is 11.5 Å². The van der Waals surface area contributed by atoms with Crippen molar-refractivity contribution >= 4 is 28.3 Å². The summed E-state index contributed by atoms with van der Waals surface area (Å²) in [7, 11) is 0. The van der Waals surface area contributed by atoms with Gasteiger partial charge in [-0.15, -0.1) is 0 Å². The molecule has 1 N–H and O–H groups in total. The second-order valence-electron chi connectivity index (χ2n) is 9.07. The molecule has 5 nitrogen and oxygen atoms in total. The van der Waals surface area contributed by atoms with Crippen molar-refractivity contribution in [3.63, 3.8) is 0 Å². The van der Waals surface area contributed by atoms with E-state index in [-0.39, 0.29) is 17.7 Å². The van der Waals surface area contributed by atoms with Crippen LogP contribution in [0.25, 0.3) is 10.8 Å². The number of aryl methyl sites for hydroxylation is 1. The third-order valence-corrected chi connectivity index (χ3v) is 6.70. The number of ether oxygens (including phenoxy) is 1. The SMILES string of the molecule is CCCOc1ccc2ccccc2c1CN1C(=O)[C@@H](NC(=O)[C@H](C)CC)CCc2ccccc21. The second kappa shape index (κ2) is 10.7. The van der Waals surface area contributed by atoms with Gasteiger partial charge in [0.1, 0.15) is 11.8 Å². The zero-order valence-corrected chi connectivity index (χ0v) is 20.3. The van der Waals surface area contributed by atoms with Gasteiger partial charge in [0, 0.05) is 17.2 Å². The molecule has 2 atom stereocenters. The number of fused-ring (bicyclic) bond motifs is 2. The number of nitrogens with zero attached hydrogens (tertiary/aromatic N) is 1. The number of rotatable bonds is 8. The van der Waals surface area contributed by atoms with Crippen molar-refractivity contribution in [2.45, 2.75) is 59.0 Å². The third-order valence-electron chi connectivity index (χ3n) is 6.70. The maximum atomic E-state index is 13.9. The second-order valence-corrected chi connectivity index (χ2v) is 9.07. The van der Waals surface area contributed by atoms with Gasteiger partial charge in [-0.25, -0.2) is 0 Å². The number of hydrogen-bond acceptors (Lipinski definition) is 3. The van der Waals surface area contributed by atoms with Gasteiger partial charge in [-0.3, -0.25) is 9.59 Å². The average Bonchev–Trinajstić information content (AvgIpc) is 2.99. The zero-order valence-electron chi connectivity index (χ0n) is 20.3. The van der Waals surface area contributed by atoms with Crippen molar-refractivity contribution < 1.29 is 14.3 Å². The van der Waals surface area contributed by atoms with Gasteiger partial charge in [0.15, 0.2) is 0 Å². The molecule has 0 unspecified atom stereocenters. The molecule has 1 aliphatic rings. The molecule has 0 spiro atoms. The van der Waals surface area contributed by atoms with Gasteiger partial charge in [-0.2, -0.15) is 0 Å². The monoisotopic (exact) mass is 458 g/mol. The molecule has 178 valence electrons. The molecule has 0 aromatic heterocycles. The normalized spacial score (nSPS) is 16.6. The molecule has 5 heteroatoms. The fourth-order valence-corrected chi connectivity index (χ4v) is 4.50. The van der Waals surface area contributed by atoms with Crippen LogP contribution in [0.5, 0.6) is 5.75 Å². The molecule has 34 heavy (non-hydrogen) atoms. The maximum absolute atomic E-state index is 13.9. The van der Waals surface area contributed by atoms with E-state index in [1.165, 1.54) is 0 Å². The van der Waals surface area contributed by atoms with Gasteiger partial charge >= 0.3 is 0 Å². The summed E-state index contributed by atoms with van der Waals surface area (Å²) in [6.07, 6.45) is 2.97. The number of amides is 2. The summed E-state index contributed by atoms with van der Waals surface area (Å²) in [6, 6.07) is 19.8. The molecule has 1 heterocycles. The molecule has 3 aromatic rings. The first-order valence-corrected chi connectivity index (χ1v) is 12.4. The number of hydrogen-bond donors (Lipinski definition) is 1. The highest BCUT2D eigenvalue weighted by Crippen LogP contribution is 2.34. The van der Waals surface area contributed by atoms with E-state index < -0.39 is 6.04 Å². The van der Waals surface area contributed by atoms with Crippen molar-refractivity contribution in [3.05, 3.63) is 71.8 Å². The van der Waals surface area contributed by atoms with Crippen LogP contribution < -0.4 is 15.0 Å². The predicted octanol–water partition coefficient (Wildman–Crippen LogP) is 5.64. The summed E-state index contributed by atoms with van der Waals surface area (Å²) in [5.74, 6) is 0.536. The van der Waals surface area contributed by atoms with Crippen molar-refractivity contribution in [1.29, 1.82) is 0 Å². The van der Waals surface area contributed by atoms with Gasteiger partial charge in [0.2, 0.25) is 11.8 Å². The number of nitrogens with one attached hydrogen (secondary N) is 1. The lowest BCUT2D eigenvalue weighted by molar-refractivity contribution is -0.129. The molecule has 3 aromatic carbocycles. The Hall–Kier alpha value is -3.34. The summed E-state index contributed by atoms with van der Waals surface area (Å²) in [4.78, 5) is 28.4. The average molecular weight is 459 g/mol. The topological polar surface area (TPSA) is 58.6 Å². The minimum Gasteiger partial charge on any atom is -0.493 e. The highest BCUT2D eigenvalue weighted by Gasteiger charge is 2.32. The van der Waals surface area contributed by atoms with Crippen molar-refractivity contribution in [3.8, 4) is 5.75 Å². The predicted molar refractivity (Wildman–Crippen MR) is 137 cm³/mol. The van der Waals surface area contributed by atoms with E-state index in [0.717, 1.165) is 52.6 Å². The molecular formula is C29H34N2O3. The van der Waals surface area contributed by atoms with E-state index in [1.54, 1.807) is 0 Å². The van der Waals surface area contributed by atoms with Crippen molar-refractivity contribution in [2.24, 2.45) is 5.92 Å². The van der Waals surface area contributed by atoms with Crippen LogP contribution in [0.2, 0.25) is 0 Å². The molecule has 1 aliphatic heterocycles. The Kier molecular flexibility index (Phi) is 7.51. The van der Waals surface area contributed by atoms with Crippen LogP contribution >= 0.6 is 0 Å². The molecule has 0 fully saturated rings. The van der Waals surface area contributed by atoms with Gasteiger partial charge < -0.3 is 15.0 Å². The van der Waals surface area contributed by atoms with Crippen molar-refractivity contribution in [1.82, 2.24) is 5.32 Å². The van der Waals surface area contributed by atoms with E-state index in [0.29, 0.717) is 19.6 Å². The molecule has 0 saturated carbocycles. The maximum Gasteiger partial charge on any atom is 0.249 e. The van der Waals surface area contributed by atoms with E-state index in [9.17, 15) is 9.59 Å². The van der Waals surface area contributed by atoms with E-state index in [1.807, 2.05) is 55.1 Å².